The van der Waals surface area contributed by atoms with Crippen LogP contribution in [0, 0.1) is 5.92 Å². The molecular formula is C20H23N3O2S. The molecule has 1 fully saturated rings. The average Bonchev–Trinajstić information content (AvgIpc) is 3.11. The predicted octanol–water partition coefficient (Wildman–Crippen LogP) is 3.35. The van der Waals surface area contributed by atoms with E-state index in [1.807, 2.05) is 11.4 Å². The van der Waals surface area contributed by atoms with Crippen molar-refractivity contribution in [3.05, 3.63) is 69.6 Å². The summed E-state index contributed by atoms with van der Waals surface area (Å²) in [6, 6.07) is 12.0. The molecule has 0 saturated carbocycles. The number of hydrogen-bond donors (Lipinski definition) is 0. The van der Waals surface area contributed by atoms with E-state index in [1.54, 1.807) is 16.7 Å². The van der Waals surface area contributed by atoms with E-state index >= 15 is 0 Å². The van der Waals surface area contributed by atoms with Crippen LogP contribution in [0.5, 0.6) is 0 Å². The normalized spacial score (nSPS) is 21.5. The molecule has 2 atom stereocenters. The fraction of sp³-hybridized carbons (Fsp3) is 0.400. The van der Waals surface area contributed by atoms with Gasteiger partial charge in [-0.3, -0.25) is 14.1 Å². The molecule has 1 saturated heterocycles. The van der Waals surface area contributed by atoms with Gasteiger partial charge in [0, 0.05) is 37.3 Å². The first-order chi connectivity index (χ1) is 12.6. The van der Waals surface area contributed by atoms with Gasteiger partial charge in [0.2, 0.25) is 0 Å². The lowest BCUT2D eigenvalue weighted by molar-refractivity contribution is -0.108. The summed E-state index contributed by atoms with van der Waals surface area (Å²) in [5, 5.41) is 1.89. The van der Waals surface area contributed by atoms with Gasteiger partial charge in [-0.25, -0.2) is 4.98 Å². The molecule has 2 aromatic heterocycles. The molecule has 26 heavy (non-hydrogen) atoms. The van der Waals surface area contributed by atoms with Gasteiger partial charge < -0.3 is 4.74 Å². The van der Waals surface area contributed by atoms with Gasteiger partial charge in [0.15, 0.2) is 4.96 Å². The Balaban J connectivity index is 1.58. The Labute approximate surface area is 156 Å². The highest BCUT2D eigenvalue weighted by atomic mass is 32.1. The average molecular weight is 369 g/mol. The molecule has 5 nitrogen and oxygen atoms in total. The minimum Gasteiger partial charge on any atom is -0.367 e. The molecule has 0 radical (unpaired) electrons. The van der Waals surface area contributed by atoms with E-state index in [9.17, 15) is 4.79 Å². The van der Waals surface area contributed by atoms with Gasteiger partial charge in [-0.15, -0.1) is 11.3 Å². The third-order valence-corrected chi connectivity index (χ3v) is 5.61. The Bertz CT molecular complexity index is 935. The number of hydrogen-bond acceptors (Lipinski definition) is 5. The van der Waals surface area contributed by atoms with Gasteiger partial charge in [-0.05, 0) is 11.5 Å². The second-order valence-corrected chi connectivity index (χ2v) is 8.03. The molecule has 136 valence electrons. The van der Waals surface area contributed by atoms with Crippen molar-refractivity contribution >= 4 is 16.3 Å². The number of benzene rings is 1. The van der Waals surface area contributed by atoms with Crippen molar-refractivity contribution in [1.29, 1.82) is 0 Å². The molecule has 0 unspecified atom stereocenters. The van der Waals surface area contributed by atoms with Crippen LogP contribution in [0.25, 0.3) is 4.96 Å². The molecule has 3 heterocycles. The van der Waals surface area contributed by atoms with Gasteiger partial charge in [0.25, 0.3) is 5.56 Å². The molecule has 0 amide bonds. The van der Waals surface area contributed by atoms with Crippen molar-refractivity contribution in [2.75, 3.05) is 13.1 Å². The zero-order valence-electron chi connectivity index (χ0n) is 15.0. The summed E-state index contributed by atoms with van der Waals surface area (Å²) in [6.45, 7) is 6.71. The highest BCUT2D eigenvalue weighted by molar-refractivity contribution is 7.15. The maximum atomic E-state index is 12.2. The smallest absolute Gasteiger partial charge is 0.258 e. The molecule has 1 aliphatic rings. The summed E-state index contributed by atoms with van der Waals surface area (Å²) in [6.07, 6.45) is 1.98. The zero-order valence-corrected chi connectivity index (χ0v) is 15.9. The Morgan fingerprint density at radius 1 is 1.27 bits per heavy atom. The number of fused-ring (bicyclic) bond motifs is 1. The molecule has 1 aliphatic heterocycles. The van der Waals surface area contributed by atoms with Gasteiger partial charge in [-0.1, -0.05) is 44.2 Å². The maximum absolute atomic E-state index is 12.2. The van der Waals surface area contributed by atoms with Crippen LogP contribution in [0.4, 0.5) is 0 Å². The van der Waals surface area contributed by atoms with Crippen LogP contribution >= 0.6 is 11.3 Å². The second-order valence-electron chi connectivity index (χ2n) is 7.15. The van der Waals surface area contributed by atoms with Gasteiger partial charge in [-0.2, -0.15) is 0 Å². The van der Waals surface area contributed by atoms with Crippen LogP contribution < -0.4 is 5.56 Å². The Morgan fingerprint density at radius 2 is 2.08 bits per heavy atom. The summed E-state index contributed by atoms with van der Waals surface area (Å²) < 4.78 is 7.95. The first kappa shape index (κ1) is 17.4. The van der Waals surface area contributed by atoms with E-state index in [0.717, 1.165) is 23.7 Å². The fourth-order valence-electron chi connectivity index (χ4n) is 3.41. The van der Waals surface area contributed by atoms with E-state index in [4.69, 9.17) is 4.74 Å². The van der Waals surface area contributed by atoms with E-state index < -0.39 is 0 Å². The number of rotatable bonds is 4. The Hall–Kier alpha value is -2.02. The zero-order chi connectivity index (χ0) is 18.1. The number of morpholine rings is 1. The van der Waals surface area contributed by atoms with E-state index in [1.165, 1.54) is 16.9 Å². The molecule has 6 heteroatoms. The SMILES string of the molecule is CC(C)[C@H]1CN(Cc2cc(=O)n3ccsc3n2)C[C@@H](c2ccccc2)O1. The van der Waals surface area contributed by atoms with Crippen LogP contribution in [0.1, 0.15) is 31.2 Å². The number of thiazole rings is 1. The van der Waals surface area contributed by atoms with Crippen LogP contribution in [0.3, 0.4) is 0 Å². The van der Waals surface area contributed by atoms with Crippen molar-refractivity contribution < 1.29 is 4.74 Å². The molecule has 0 aliphatic carbocycles. The lowest BCUT2D eigenvalue weighted by atomic mass is 10.0. The predicted molar refractivity (Wildman–Crippen MR) is 104 cm³/mol. The molecule has 0 bridgehead atoms. The summed E-state index contributed by atoms with van der Waals surface area (Å²) in [4.78, 5) is 20.0. The fourth-order valence-corrected chi connectivity index (χ4v) is 4.15. The summed E-state index contributed by atoms with van der Waals surface area (Å²) in [5.74, 6) is 0.433. The second kappa shape index (κ2) is 7.31. The highest BCUT2D eigenvalue weighted by Gasteiger charge is 2.30. The maximum Gasteiger partial charge on any atom is 0.258 e. The van der Waals surface area contributed by atoms with Crippen molar-refractivity contribution in [3.8, 4) is 0 Å². The van der Waals surface area contributed by atoms with E-state index in [0.29, 0.717) is 12.5 Å². The summed E-state index contributed by atoms with van der Waals surface area (Å²) in [7, 11) is 0. The Morgan fingerprint density at radius 3 is 2.85 bits per heavy atom. The standard InChI is InChI=1S/C20H23N3O2S/c1-14(2)17-12-22(13-18(25-17)15-6-4-3-5-7-15)11-16-10-19(24)23-8-9-26-20(23)21-16/h3-10,14,17-18H,11-13H2,1-2H3/t17-,18+/m1/s1. The number of aromatic nitrogens is 2. The minimum atomic E-state index is -0.0143. The van der Waals surface area contributed by atoms with E-state index in [2.05, 4.69) is 48.0 Å². The quantitative estimate of drug-likeness (QED) is 0.708. The third kappa shape index (κ3) is 3.58. The number of nitrogens with zero attached hydrogens (tertiary/aromatic N) is 3. The molecule has 0 N–H and O–H groups in total. The van der Waals surface area contributed by atoms with Gasteiger partial charge in [0.1, 0.15) is 0 Å². The lowest BCUT2D eigenvalue weighted by Crippen LogP contribution is -2.45. The monoisotopic (exact) mass is 369 g/mol. The molecule has 0 spiro atoms. The number of ether oxygens (including phenoxy) is 1. The molecule has 3 aromatic rings. The topological polar surface area (TPSA) is 46.8 Å². The molecular weight excluding hydrogens is 346 g/mol. The first-order valence-electron chi connectivity index (χ1n) is 8.98. The van der Waals surface area contributed by atoms with E-state index in [-0.39, 0.29) is 17.8 Å². The van der Waals surface area contributed by atoms with Crippen molar-refractivity contribution in [1.82, 2.24) is 14.3 Å². The molecule has 1 aromatic carbocycles. The van der Waals surface area contributed by atoms with Crippen LogP contribution in [-0.4, -0.2) is 33.5 Å². The summed E-state index contributed by atoms with van der Waals surface area (Å²) >= 11 is 1.49. The van der Waals surface area contributed by atoms with Crippen molar-refractivity contribution in [3.63, 3.8) is 0 Å². The summed E-state index contributed by atoms with van der Waals surface area (Å²) in [5.41, 5.74) is 2.01. The van der Waals surface area contributed by atoms with Gasteiger partial charge in [0.05, 0.1) is 17.9 Å². The lowest BCUT2D eigenvalue weighted by Gasteiger charge is -2.39. The minimum absolute atomic E-state index is 0.0143. The van der Waals surface area contributed by atoms with Crippen LogP contribution in [0.15, 0.2) is 52.8 Å². The van der Waals surface area contributed by atoms with Crippen molar-refractivity contribution in [2.45, 2.75) is 32.6 Å². The largest absolute Gasteiger partial charge is 0.367 e. The highest BCUT2D eigenvalue weighted by Crippen LogP contribution is 2.28. The first-order valence-corrected chi connectivity index (χ1v) is 9.86. The van der Waals surface area contributed by atoms with Crippen molar-refractivity contribution in [2.24, 2.45) is 5.92 Å². The Kier molecular flexibility index (Phi) is 4.89. The van der Waals surface area contributed by atoms with Gasteiger partial charge >= 0.3 is 0 Å². The van der Waals surface area contributed by atoms with Crippen LogP contribution in [0.2, 0.25) is 0 Å². The van der Waals surface area contributed by atoms with Crippen LogP contribution in [-0.2, 0) is 11.3 Å². The third-order valence-electron chi connectivity index (χ3n) is 4.86. The molecule has 4 rings (SSSR count).